The van der Waals surface area contributed by atoms with E-state index in [-0.39, 0.29) is 11.1 Å². The number of carbonyl (C=O) groups excluding carboxylic acids is 3. The third-order valence-corrected chi connectivity index (χ3v) is 6.08. The van der Waals surface area contributed by atoms with Gasteiger partial charge in [-0.1, -0.05) is 0 Å². The molecule has 4 aliphatic rings. The highest BCUT2D eigenvalue weighted by atomic mass is 19.1. The highest BCUT2D eigenvalue weighted by Gasteiger charge is 2.51. The van der Waals surface area contributed by atoms with Gasteiger partial charge in [0.1, 0.15) is 5.82 Å². The Morgan fingerprint density at radius 3 is 2.11 bits per heavy atom. The van der Waals surface area contributed by atoms with Gasteiger partial charge in [-0.15, -0.1) is 0 Å². The Morgan fingerprint density at radius 2 is 1.56 bits per heavy atom. The van der Waals surface area contributed by atoms with Gasteiger partial charge in [0.15, 0.2) is 6.61 Å². The summed E-state index contributed by atoms with van der Waals surface area (Å²) in [6, 6.07) is 4.29. The summed E-state index contributed by atoms with van der Waals surface area (Å²) in [5, 5.41) is 5.27. The maximum absolute atomic E-state index is 12.9. The Labute approximate surface area is 156 Å². The molecule has 5 rings (SSSR count). The number of ether oxygens (including phenoxy) is 1. The van der Waals surface area contributed by atoms with Crippen LogP contribution in [0.25, 0.3) is 0 Å². The van der Waals surface area contributed by atoms with Crippen molar-refractivity contribution in [3.05, 3.63) is 35.6 Å². The molecule has 27 heavy (non-hydrogen) atoms. The summed E-state index contributed by atoms with van der Waals surface area (Å²) in [6.07, 6.45) is 6.75. The Morgan fingerprint density at radius 1 is 1.00 bits per heavy atom. The second-order valence-electron chi connectivity index (χ2n) is 8.28. The van der Waals surface area contributed by atoms with Crippen molar-refractivity contribution in [2.75, 3.05) is 6.61 Å². The van der Waals surface area contributed by atoms with Gasteiger partial charge >= 0.3 is 12.0 Å². The Hall–Kier alpha value is -2.44. The van der Waals surface area contributed by atoms with E-state index in [1.54, 1.807) is 0 Å². The van der Waals surface area contributed by atoms with E-state index < -0.39 is 30.3 Å². The van der Waals surface area contributed by atoms with E-state index in [1.807, 2.05) is 0 Å². The van der Waals surface area contributed by atoms with E-state index in [0.29, 0.717) is 17.8 Å². The monoisotopic (exact) mass is 374 g/mol. The second-order valence-corrected chi connectivity index (χ2v) is 8.28. The van der Waals surface area contributed by atoms with Crippen molar-refractivity contribution in [1.82, 2.24) is 10.6 Å². The van der Waals surface area contributed by atoms with Crippen molar-refractivity contribution >= 4 is 17.9 Å². The lowest BCUT2D eigenvalue weighted by Gasteiger charge is -2.56. The van der Waals surface area contributed by atoms with Gasteiger partial charge in [0.05, 0.1) is 5.56 Å². The minimum atomic E-state index is -0.744. The first-order chi connectivity index (χ1) is 12.9. The van der Waals surface area contributed by atoms with Crippen molar-refractivity contribution in [1.29, 1.82) is 0 Å². The molecule has 0 aliphatic heterocycles. The number of urea groups is 1. The molecule has 4 bridgehead atoms. The molecule has 4 aliphatic carbocycles. The fourth-order valence-corrected chi connectivity index (χ4v) is 5.50. The molecule has 4 fully saturated rings. The van der Waals surface area contributed by atoms with Crippen LogP contribution in [0, 0.1) is 23.6 Å². The first kappa shape index (κ1) is 17.9. The molecule has 0 spiro atoms. The van der Waals surface area contributed by atoms with Crippen LogP contribution >= 0.6 is 0 Å². The molecule has 0 heterocycles. The van der Waals surface area contributed by atoms with Crippen molar-refractivity contribution in [3.8, 4) is 0 Å². The topological polar surface area (TPSA) is 84.5 Å². The Balaban J connectivity index is 1.25. The zero-order chi connectivity index (χ0) is 19.0. The largest absolute Gasteiger partial charge is 0.452 e. The van der Waals surface area contributed by atoms with Crippen LogP contribution in [0.1, 0.15) is 48.9 Å². The van der Waals surface area contributed by atoms with Gasteiger partial charge in [-0.05, 0) is 80.5 Å². The molecule has 7 heteroatoms. The molecule has 144 valence electrons. The third kappa shape index (κ3) is 3.96. The number of amides is 3. The van der Waals surface area contributed by atoms with E-state index in [0.717, 1.165) is 31.4 Å². The van der Waals surface area contributed by atoms with Crippen LogP contribution < -0.4 is 10.6 Å². The van der Waals surface area contributed by atoms with E-state index in [4.69, 9.17) is 4.74 Å². The van der Waals surface area contributed by atoms with Crippen LogP contribution in [0.4, 0.5) is 9.18 Å². The molecule has 4 saturated carbocycles. The number of esters is 1. The molecule has 1 aromatic carbocycles. The summed E-state index contributed by atoms with van der Waals surface area (Å²) in [6.45, 7) is -0.565. The van der Waals surface area contributed by atoms with Crippen LogP contribution in [0.3, 0.4) is 0 Å². The number of benzene rings is 1. The predicted octanol–water partition coefficient (Wildman–Crippen LogP) is 2.78. The molecular formula is C20H23FN2O4. The Kier molecular flexibility index (Phi) is 4.61. The molecule has 0 saturated heterocycles. The van der Waals surface area contributed by atoms with Gasteiger partial charge in [-0.2, -0.15) is 0 Å². The molecule has 0 radical (unpaired) electrons. The smallest absolute Gasteiger partial charge is 0.338 e. The fourth-order valence-electron chi connectivity index (χ4n) is 5.50. The van der Waals surface area contributed by atoms with E-state index in [9.17, 15) is 18.8 Å². The molecule has 0 unspecified atom stereocenters. The van der Waals surface area contributed by atoms with Gasteiger partial charge in [0, 0.05) is 5.54 Å². The molecule has 3 amide bonds. The number of nitrogens with one attached hydrogen (secondary N) is 2. The zero-order valence-corrected chi connectivity index (χ0v) is 15.0. The number of hydrogen-bond donors (Lipinski definition) is 2. The average Bonchev–Trinajstić information content (AvgIpc) is 2.58. The summed E-state index contributed by atoms with van der Waals surface area (Å²) in [5.74, 6) is 0.154. The number of carbonyl (C=O) groups is 3. The summed E-state index contributed by atoms with van der Waals surface area (Å²) >= 11 is 0. The highest BCUT2D eigenvalue weighted by molar-refractivity contribution is 5.97. The van der Waals surface area contributed by atoms with Crippen LogP contribution in [0.5, 0.6) is 0 Å². The van der Waals surface area contributed by atoms with Crippen molar-refractivity contribution in [3.63, 3.8) is 0 Å². The van der Waals surface area contributed by atoms with Gasteiger partial charge in [-0.25, -0.2) is 14.0 Å². The SMILES string of the molecule is O=C(COC(=O)c1ccc(F)cc1)NC(=O)NC12CC3CC(CC(C3)C1)C2. The minimum Gasteiger partial charge on any atom is -0.452 e. The molecule has 0 aromatic heterocycles. The standard InChI is InChI=1S/C20H23FN2O4/c21-16-3-1-15(2-4-16)18(25)27-11-17(24)22-19(26)23-20-8-12-5-13(9-20)7-14(6-12)10-20/h1-4,12-14H,5-11H2,(H2,22,23,24,26). The van der Waals surface area contributed by atoms with E-state index in [1.165, 1.54) is 31.4 Å². The maximum Gasteiger partial charge on any atom is 0.338 e. The number of hydrogen-bond acceptors (Lipinski definition) is 4. The quantitative estimate of drug-likeness (QED) is 0.794. The zero-order valence-electron chi connectivity index (χ0n) is 15.0. The molecule has 1 aromatic rings. The molecule has 0 atom stereocenters. The summed E-state index contributed by atoms with van der Waals surface area (Å²) in [5.41, 5.74) is -0.0496. The summed E-state index contributed by atoms with van der Waals surface area (Å²) < 4.78 is 17.7. The molecule has 6 nitrogen and oxygen atoms in total. The van der Waals surface area contributed by atoms with Gasteiger partial charge < -0.3 is 10.1 Å². The molecule has 2 N–H and O–H groups in total. The van der Waals surface area contributed by atoms with Crippen molar-refractivity contribution < 1.29 is 23.5 Å². The van der Waals surface area contributed by atoms with Gasteiger partial charge in [-0.3, -0.25) is 10.1 Å². The highest BCUT2D eigenvalue weighted by Crippen LogP contribution is 2.55. The van der Waals surface area contributed by atoms with E-state index >= 15 is 0 Å². The molecular weight excluding hydrogens is 351 g/mol. The Bertz CT molecular complexity index is 726. The van der Waals surface area contributed by atoms with Crippen LogP contribution in [-0.2, 0) is 9.53 Å². The van der Waals surface area contributed by atoms with Crippen LogP contribution in [-0.4, -0.2) is 30.1 Å². The lowest BCUT2D eigenvalue weighted by Crippen LogP contribution is -2.62. The van der Waals surface area contributed by atoms with Crippen LogP contribution in [0.15, 0.2) is 24.3 Å². The summed E-state index contributed by atoms with van der Waals surface area (Å²) in [4.78, 5) is 36.0. The fraction of sp³-hybridized carbons (Fsp3) is 0.550. The first-order valence-electron chi connectivity index (χ1n) is 9.45. The maximum atomic E-state index is 12.9. The number of rotatable bonds is 4. The van der Waals surface area contributed by atoms with Crippen molar-refractivity contribution in [2.45, 2.75) is 44.1 Å². The second kappa shape index (κ2) is 6.94. The van der Waals surface area contributed by atoms with Gasteiger partial charge in [0.25, 0.3) is 5.91 Å². The van der Waals surface area contributed by atoms with E-state index in [2.05, 4.69) is 10.6 Å². The average molecular weight is 374 g/mol. The normalized spacial score (nSPS) is 30.6. The lowest BCUT2D eigenvalue weighted by molar-refractivity contribution is -0.123. The third-order valence-electron chi connectivity index (χ3n) is 6.08. The number of halogens is 1. The summed E-state index contributed by atoms with van der Waals surface area (Å²) in [7, 11) is 0. The number of imide groups is 1. The first-order valence-corrected chi connectivity index (χ1v) is 9.45. The minimum absolute atomic E-state index is 0.141. The lowest BCUT2D eigenvalue weighted by atomic mass is 9.53. The van der Waals surface area contributed by atoms with Gasteiger partial charge in [0.2, 0.25) is 0 Å². The van der Waals surface area contributed by atoms with Crippen LogP contribution in [0.2, 0.25) is 0 Å². The van der Waals surface area contributed by atoms with Crippen molar-refractivity contribution in [2.24, 2.45) is 17.8 Å². The predicted molar refractivity (Wildman–Crippen MR) is 94.3 cm³/mol.